The minimum atomic E-state index is -0.712. The molecule has 20 heavy (non-hydrogen) atoms. The van der Waals surface area contributed by atoms with Gasteiger partial charge in [0.25, 0.3) is 0 Å². The van der Waals surface area contributed by atoms with Crippen LogP contribution in [-0.4, -0.2) is 5.11 Å². The second kappa shape index (κ2) is 5.55. The Kier molecular flexibility index (Phi) is 3.77. The fourth-order valence-electron chi connectivity index (χ4n) is 2.44. The van der Waals surface area contributed by atoms with Crippen LogP contribution < -0.4 is 0 Å². The molecule has 1 aliphatic rings. The summed E-state index contributed by atoms with van der Waals surface area (Å²) in [4.78, 5) is 0. The van der Waals surface area contributed by atoms with Crippen molar-refractivity contribution in [2.45, 2.75) is 31.3 Å². The number of hydrogen-bond donors (Lipinski definition) is 1. The minimum absolute atomic E-state index is 0.0961. The summed E-state index contributed by atoms with van der Waals surface area (Å²) in [5.74, 6) is 0.259. The molecule has 0 radical (unpaired) electrons. The van der Waals surface area contributed by atoms with Gasteiger partial charge in [-0.05, 0) is 41.5 Å². The zero-order chi connectivity index (χ0) is 14.1. The van der Waals surface area contributed by atoms with Crippen LogP contribution in [0.15, 0.2) is 42.5 Å². The summed E-state index contributed by atoms with van der Waals surface area (Å²) in [5.41, 5.74) is 2.58. The number of benzene rings is 2. The minimum Gasteiger partial charge on any atom is -0.388 e. The molecule has 104 valence electrons. The van der Waals surface area contributed by atoms with E-state index in [-0.39, 0.29) is 11.4 Å². The van der Waals surface area contributed by atoms with Crippen LogP contribution in [0.1, 0.15) is 41.6 Å². The first-order chi connectivity index (χ1) is 9.65. The van der Waals surface area contributed by atoms with Crippen LogP contribution in [0.3, 0.4) is 0 Å². The first-order valence-corrected chi connectivity index (χ1v) is 7.24. The van der Waals surface area contributed by atoms with Crippen molar-refractivity contribution < 1.29 is 9.50 Å². The highest BCUT2D eigenvalue weighted by Gasteiger charge is 2.23. The van der Waals surface area contributed by atoms with E-state index in [1.807, 2.05) is 12.1 Å². The van der Waals surface area contributed by atoms with Crippen molar-refractivity contribution in [3.8, 4) is 0 Å². The van der Waals surface area contributed by atoms with E-state index in [1.54, 1.807) is 12.1 Å². The average molecular weight is 291 g/mol. The molecule has 1 aliphatic carbocycles. The van der Waals surface area contributed by atoms with Gasteiger partial charge in [0.2, 0.25) is 0 Å². The molecule has 0 spiro atoms. The Morgan fingerprint density at radius 2 is 1.85 bits per heavy atom. The molecular weight excluding hydrogens is 275 g/mol. The van der Waals surface area contributed by atoms with Crippen molar-refractivity contribution in [1.29, 1.82) is 0 Å². The Bertz CT molecular complexity index is 605. The molecule has 2 aromatic carbocycles. The van der Waals surface area contributed by atoms with Crippen LogP contribution in [0.25, 0.3) is 0 Å². The highest BCUT2D eigenvalue weighted by atomic mass is 35.5. The summed E-state index contributed by atoms with van der Waals surface area (Å²) in [6.45, 7) is 0. The Balaban J connectivity index is 1.74. The summed E-state index contributed by atoms with van der Waals surface area (Å²) >= 11 is 5.75. The van der Waals surface area contributed by atoms with E-state index in [4.69, 9.17) is 11.6 Å². The maximum atomic E-state index is 13.8. The molecule has 2 aromatic rings. The average Bonchev–Trinajstić information content (AvgIpc) is 3.29. The first kappa shape index (κ1) is 13.6. The Morgan fingerprint density at radius 1 is 1.15 bits per heavy atom. The highest BCUT2D eigenvalue weighted by molar-refractivity contribution is 6.30. The Hall–Kier alpha value is -1.38. The maximum absolute atomic E-state index is 13.8. The largest absolute Gasteiger partial charge is 0.388 e. The van der Waals surface area contributed by atoms with Crippen molar-refractivity contribution in [2.75, 3.05) is 0 Å². The summed E-state index contributed by atoms with van der Waals surface area (Å²) in [7, 11) is 0. The third-order valence-corrected chi connectivity index (χ3v) is 4.11. The third kappa shape index (κ3) is 2.87. The topological polar surface area (TPSA) is 20.2 Å². The van der Waals surface area contributed by atoms with Crippen LogP contribution in [0.2, 0.25) is 5.02 Å². The fraction of sp³-hybridized carbons (Fsp3) is 0.294. The van der Waals surface area contributed by atoms with Gasteiger partial charge in [-0.25, -0.2) is 4.39 Å². The maximum Gasteiger partial charge on any atom is 0.145 e. The number of hydrogen-bond acceptors (Lipinski definition) is 1. The standard InChI is InChI=1S/C17H16ClFO/c18-15-3-1-2-14(17(15)19)10-16(20)13-8-6-12(7-9-13)11-4-5-11/h1-3,6-9,11,16,20H,4-5,10H2. The van der Waals surface area contributed by atoms with Gasteiger partial charge in [-0.2, -0.15) is 0 Å². The van der Waals surface area contributed by atoms with Crippen molar-refractivity contribution in [2.24, 2.45) is 0 Å². The van der Waals surface area contributed by atoms with Crippen molar-refractivity contribution in [3.05, 3.63) is 70.0 Å². The van der Waals surface area contributed by atoms with Crippen LogP contribution in [0, 0.1) is 5.82 Å². The molecule has 3 rings (SSSR count). The Morgan fingerprint density at radius 3 is 2.50 bits per heavy atom. The van der Waals surface area contributed by atoms with Gasteiger partial charge in [0.1, 0.15) is 5.82 Å². The summed E-state index contributed by atoms with van der Waals surface area (Å²) in [6, 6.07) is 12.8. The van der Waals surface area contributed by atoms with Gasteiger partial charge in [0, 0.05) is 6.42 Å². The summed E-state index contributed by atoms with van der Waals surface area (Å²) in [5, 5.41) is 10.3. The lowest BCUT2D eigenvalue weighted by Gasteiger charge is -2.13. The normalized spacial score (nSPS) is 16.1. The van der Waals surface area contributed by atoms with Crippen LogP contribution >= 0.6 is 11.6 Å². The molecule has 3 heteroatoms. The number of aliphatic hydroxyl groups excluding tert-OH is 1. The molecule has 0 amide bonds. The zero-order valence-electron chi connectivity index (χ0n) is 11.0. The molecule has 0 heterocycles. The van der Waals surface area contributed by atoms with Crippen LogP contribution in [0.5, 0.6) is 0 Å². The third-order valence-electron chi connectivity index (χ3n) is 3.81. The van der Waals surface area contributed by atoms with Gasteiger partial charge in [-0.1, -0.05) is 48.0 Å². The van der Waals surface area contributed by atoms with Gasteiger partial charge in [-0.3, -0.25) is 0 Å². The fourth-order valence-corrected chi connectivity index (χ4v) is 2.63. The molecular formula is C17H16ClFO. The number of rotatable bonds is 4. The molecule has 0 aromatic heterocycles. The molecule has 1 saturated carbocycles. The van der Waals surface area contributed by atoms with E-state index < -0.39 is 11.9 Å². The van der Waals surface area contributed by atoms with Gasteiger partial charge in [0.15, 0.2) is 0 Å². The monoisotopic (exact) mass is 290 g/mol. The summed E-state index contributed by atoms with van der Waals surface area (Å²) < 4.78 is 13.8. The van der Waals surface area contributed by atoms with E-state index in [9.17, 15) is 9.50 Å². The van der Waals surface area contributed by atoms with Crippen molar-refractivity contribution in [1.82, 2.24) is 0 Å². The molecule has 0 bridgehead atoms. The van der Waals surface area contributed by atoms with Crippen LogP contribution in [-0.2, 0) is 6.42 Å². The van der Waals surface area contributed by atoms with Crippen molar-refractivity contribution in [3.63, 3.8) is 0 Å². The number of halogens is 2. The smallest absolute Gasteiger partial charge is 0.145 e. The molecule has 1 N–H and O–H groups in total. The van der Waals surface area contributed by atoms with Gasteiger partial charge in [0.05, 0.1) is 11.1 Å². The second-order valence-corrected chi connectivity index (χ2v) is 5.78. The number of aliphatic hydroxyl groups is 1. The summed E-state index contributed by atoms with van der Waals surface area (Å²) in [6.07, 6.45) is 2.04. The molecule has 1 atom stereocenters. The second-order valence-electron chi connectivity index (χ2n) is 5.37. The van der Waals surface area contributed by atoms with Crippen molar-refractivity contribution >= 4 is 11.6 Å². The zero-order valence-corrected chi connectivity index (χ0v) is 11.8. The van der Waals surface area contributed by atoms with Gasteiger partial charge < -0.3 is 5.11 Å². The quantitative estimate of drug-likeness (QED) is 0.870. The molecule has 1 nitrogen and oxygen atoms in total. The molecule has 0 saturated heterocycles. The predicted molar refractivity (Wildman–Crippen MR) is 78.5 cm³/mol. The van der Waals surface area contributed by atoms with Crippen LogP contribution in [0.4, 0.5) is 4.39 Å². The Labute approximate surface area is 123 Å². The van der Waals surface area contributed by atoms with E-state index in [0.717, 1.165) is 5.56 Å². The molecule has 0 aliphatic heterocycles. The van der Waals surface area contributed by atoms with E-state index in [2.05, 4.69) is 12.1 Å². The highest BCUT2D eigenvalue weighted by Crippen LogP contribution is 2.40. The lowest BCUT2D eigenvalue weighted by molar-refractivity contribution is 0.177. The lowest BCUT2D eigenvalue weighted by atomic mass is 9.99. The molecule has 1 unspecified atom stereocenters. The first-order valence-electron chi connectivity index (χ1n) is 6.86. The van der Waals surface area contributed by atoms with Gasteiger partial charge in [-0.15, -0.1) is 0 Å². The molecule has 1 fully saturated rings. The van der Waals surface area contributed by atoms with E-state index in [0.29, 0.717) is 11.5 Å². The van der Waals surface area contributed by atoms with Gasteiger partial charge >= 0.3 is 0 Å². The van der Waals surface area contributed by atoms with E-state index >= 15 is 0 Å². The van der Waals surface area contributed by atoms with E-state index in [1.165, 1.54) is 24.5 Å². The SMILES string of the molecule is OC(Cc1cccc(Cl)c1F)c1ccc(C2CC2)cc1. The predicted octanol–water partition coefficient (Wildman–Crippen LogP) is 4.63. The lowest BCUT2D eigenvalue weighted by Crippen LogP contribution is -2.04.